The summed E-state index contributed by atoms with van der Waals surface area (Å²) in [6, 6.07) is 11.7. The molecule has 0 bridgehead atoms. The van der Waals surface area contributed by atoms with Crippen LogP contribution in [0.1, 0.15) is 11.5 Å². The van der Waals surface area contributed by atoms with Gasteiger partial charge < -0.3 is 14.5 Å². The van der Waals surface area contributed by atoms with E-state index in [1.54, 1.807) is 0 Å². The molecule has 1 aliphatic heterocycles. The number of aryl methyl sites for hydroxylation is 2. The van der Waals surface area contributed by atoms with E-state index in [9.17, 15) is 0 Å². The number of hydrogen-bond donors (Lipinski definition) is 1. The summed E-state index contributed by atoms with van der Waals surface area (Å²) in [5.41, 5.74) is 4.64. The second kappa shape index (κ2) is 5.19. The van der Waals surface area contributed by atoms with Crippen molar-refractivity contribution in [2.24, 2.45) is 0 Å². The maximum Gasteiger partial charge on any atom is 0.231 e. The molecule has 3 heterocycles. The van der Waals surface area contributed by atoms with Gasteiger partial charge in [-0.05, 0) is 18.6 Å². The predicted octanol–water partition coefficient (Wildman–Crippen LogP) is 3.02. The number of fused-ring (bicyclic) bond motifs is 3. The molecular weight excluding hydrogens is 304 g/mol. The highest BCUT2D eigenvalue weighted by molar-refractivity contribution is 5.80. The van der Waals surface area contributed by atoms with E-state index in [2.05, 4.69) is 19.9 Å². The Labute approximate surface area is 137 Å². The van der Waals surface area contributed by atoms with Gasteiger partial charge in [-0.1, -0.05) is 12.1 Å². The minimum absolute atomic E-state index is 0.273. The maximum absolute atomic E-state index is 5.40. The summed E-state index contributed by atoms with van der Waals surface area (Å²) >= 11 is 0. The highest BCUT2D eigenvalue weighted by Crippen LogP contribution is 2.35. The number of nitrogens with one attached hydrogen (secondary N) is 1. The molecule has 0 aliphatic carbocycles. The first-order valence-electron chi connectivity index (χ1n) is 7.84. The van der Waals surface area contributed by atoms with Crippen molar-refractivity contribution >= 4 is 22.1 Å². The Morgan fingerprint density at radius 3 is 2.67 bits per heavy atom. The average molecular weight is 318 g/mol. The van der Waals surface area contributed by atoms with Crippen LogP contribution in [0.25, 0.3) is 22.1 Å². The van der Waals surface area contributed by atoms with Crippen molar-refractivity contribution in [3.8, 4) is 11.5 Å². The van der Waals surface area contributed by atoms with E-state index in [4.69, 9.17) is 9.47 Å². The number of aromatic nitrogens is 4. The summed E-state index contributed by atoms with van der Waals surface area (Å²) in [6.45, 7) is 0.273. The average Bonchev–Trinajstić information content (AvgIpc) is 3.22. The van der Waals surface area contributed by atoms with Crippen molar-refractivity contribution in [1.82, 2.24) is 19.9 Å². The lowest BCUT2D eigenvalue weighted by Crippen LogP contribution is -1.97. The third kappa shape index (κ3) is 2.23. The molecule has 4 aromatic rings. The van der Waals surface area contributed by atoms with Crippen LogP contribution in [0.4, 0.5) is 0 Å². The van der Waals surface area contributed by atoms with Crippen molar-refractivity contribution in [2.75, 3.05) is 6.79 Å². The van der Waals surface area contributed by atoms with Crippen molar-refractivity contribution in [2.45, 2.75) is 12.8 Å². The number of benzene rings is 2. The highest BCUT2D eigenvalue weighted by atomic mass is 16.7. The van der Waals surface area contributed by atoms with Gasteiger partial charge in [0, 0.05) is 24.8 Å². The van der Waals surface area contributed by atoms with Gasteiger partial charge >= 0.3 is 0 Å². The maximum atomic E-state index is 5.40. The van der Waals surface area contributed by atoms with Crippen LogP contribution in [0.15, 0.2) is 42.6 Å². The Morgan fingerprint density at radius 2 is 1.75 bits per heavy atom. The SMILES string of the molecule is c1ccc2nc(CCc3nc4cc5c(cc4[nH]3)OCO5)cnc2c1. The highest BCUT2D eigenvalue weighted by Gasteiger charge is 2.16. The quantitative estimate of drug-likeness (QED) is 0.628. The van der Waals surface area contributed by atoms with E-state index in [1.807, 2.05) is 42.6 Å². The number of rotatable bonds is 3. The van der Waals surface area contributed by atoms with Gasteiger partial charge in [0.1, 0.15) is 5.82 Å². The number of aromatic amines is 1. The Kier molecular flexibility index (Phi) is 2.88. The standard InChI is InChI=1S/C18H14N4O2/c1-2-4-13-12(3-1)19-9-11(20-13)5-6-18-21-14-7-16-17(24-10-23-16)8-15(14)22-18/h1-4,7-9H,5-6,10H2,(H,21,22). The monoisotopic (exact) mass is 318 g/mol. The molecule has 1 N–H and O–H groups in total. The van der Waals surface area contributed by atoms with Crippen molar-refractivity contribution in [1.29, 1.82) is 0 Å². The topological polar surface area (TPSA) is 72.9 Å². The second-order valence-electron chi connectivity index (χ2n) is 5.76. The zero-order valence-corrected chi connectivity index (χ0v) is 12.8. The molecule has 2 aromatic heterocycles. The Bertz CT molecular complexity index is 1020. The molecule has 2 aromatic carbocycles. The van der Waals surface area contributed by atoms with Crippen LogP contribution in [0.3, 0.4) is 0 Å². The van der Waals surface area contributed by atoms with Gasteiger partial charge in [-0.3, -0.25) is 4.98 Å². The Hall–Kier alpha value is -3.15. The lowest BCUT2D eigenvalue weighted by Gasteiger charge is -2.01. The largest absolute Gasteiger partial charge is 0.454 e. The Morgan fingerprint density at radius 1 is 0.917 bits per heavy atom. The van der Waals surface area contributed by atoms with Gasteiger partial charge in [-0.2, -0.15) is 0 Å². The van der Waals surface area contributed by atoms with E-state index in [-0.39, 0.29) is 6.79 Å². The van der Waals surface area contributed by atoms with Gasteiger partial charge in [-0.15, -0.1) is 0 Å². The van der Waals surface area contributed by atoms with Crippen molar-refractivity contribution in [3.63, 3.8) is 0 Å². The lowest BCUT2D eigenvalue weighted by molar-refractivity contribution is 0.174. The normalized spacial score (nSPS) is 13.0. The molecule has 0 saturated heterocycles. The zero-order chi connectivity index (χ0) is 15.9. The second-order valence-corrected chi connectivity index (χ2v) is 5.76. The van der Waals surface area contributed by atoms with Gasteiger partial charge in [0.05, 0.1) is 27.8 Å². The molecule has 0 atom stereocenters. The van der Waals surface area contributed by atoms with Gasteiger partial charge in [-0.25, -0.2) is 9.97 Å². The number of ether oxygens (including phenoxy) is 2. The summed E-state index contributed by atoms with van der Waals surface area (Å²) in [6.07, 6.45) is 3.39. The molecule has 24 heavy (non-hydrogen) atoms. The van der Waals surface area contributed by atoms with Crippen LogP contribution in [0.5, 0.6) is 11.5 Å². The molecule has 0 saturated carbocycles. The van der Waals surface area contributed by atoms with Gasteiger partial charge in [0.15, 0.2) is 11.5 Å². The zero-order valence-electron chi connectivity index (χ0n) is 12.8. The predicted molar refractivity (Wildman–Crippen MR) is 89.2 cm³/mol. The number of imidazole rings is 1. The number of nitrogens with zero attached hydrogens (tertiary/aromatic N) is 3. The molecule has 1 aliphatic rings. The fourth-order valence-corrected chi connectivity index (χ4v) is 2.93. The van der Waals surface area contributed by atoms with Crippen LogP contribution in [0.2, 0.25) is 0 Å². The van der Waals surface area contributed by atoms with E-state index < -0.39 is 0 Å². The molecule has 0 amide bonds. The molecule has 0 radical (unpaired) electrons. The molecule has 6 heteroatoms. The molecule has 0 fully saturated rings. The third-order valence-corrected chi connectivity index (χ3v) is 4.14. The smallest absolute Gasteiger partial charge is 0.231 e. The van der Waals surface area contributed by atoms with E-state index >= 15 is 0 Å². The molecule has 118 valence electrons. The first-order valence-corrected chi connectivity index (χ1v) is 7.84. The van der Waals surface area contributed by atoms with Crippen LogP contribution in [-0.4, -0.2) is 26.7 Å². The van der Waals surface area contributed by atoms with Gasteiger partial charge in [0.2, 0.25) is 6.79 Å². The van der Waals surface area contributed by atoms with E-state index in [0.29, 0.717) is 0 Å². The number of H-pyrrole nitrogens is 1. The fraction of sp³-hybridized carbons (Fsp3) is 0.167. The summed E-state index contributed by atoms with van der Waals surface area (Å²) in [5.74, 6) is 2.43. The first kappa shape index (κ1) is 13.3. The Balaban J connectivity index is 1.39. The summed E-state index contributed by atoms with van der Waals surface area (Å²) < 4.78 is 10.8. The van der Waals surface area contributed by atoms with Crippen LogP contribution in [-0.2, 0) is 12.8 Å². The van der Waals surface area contributed by atoms with Crippen LogP contribution < -0.4 is 9.47 Å². The lowest BCUT2D eigenvalue weighted by atomic mass is 10.2. The van der Waals surface area contributed by atoms with Gasteiger partial charge in [0.25, 0.3) is 0 Å². The molecular formula is C18H14N4O2. The van der Waals surface area contributed by atoms with Crippen LogP contribution >= 0.6 is 0 Å². The molecule has 6 nitrogen and oxygen atoms in total. The fourth-order valence-electron chi connectivity index (χ4n) is 2.93. The number of hydrogen-bond acceptors (Lipinski definition) is 5. The molecule has 0 spiro atoms. The number of para-hydroxylation sites is 2. The first-order chi connectivity index (χ1) is 11.8. The van der Waals surface area contributed by atoms with Crippen molar-refractivity contribution in [3.05, 3.63) is 54.1 Å². The summed E-state index contributed by atoms with van der Waals surface area (Å²) in [4.78, 5) is 17.1. The van der Waals surface area contributed by atoms with Crippen molar-refractivity contribution < 1.29 is 9.47 Å². The molecule has 5 rings (SSSR count). The minimum atomic E-state index is 0.273. The van der Waals surface area contributed by atoms with E-state index in [0.717, 1.165) is 57.9 Å². The summed E-state index contributed by atoms with van der Waals surface area (Å²) in [7, 11) is 0. The molecule has 0 unspecified atom stereocenters. The third-order valence-electron chi connectivity index (χ3n) is 4.14. The van der Waals surface area contributed by atoms with Crippen LogP contribution in [0, 0.1) is 0 Å². The minimum Gasteiger partial charge on any atom is -0.454 e. The summed E-state index contributed by atoms with van der Waals surface area (Å²) in [5, 5.41) is 0. The van der Waals surface area contributed by atoms with E-state index in [1.165, 1.54) is 0 Å².